The Kier molecular flexibility index (Phi) is 6.38. The number of aromatic hydroxyl groups is 1. The molecule has 0 fully saturated rings. The zero-order valence-corrected chi connectivity index (χ0v) is 13.8. The maximum atomic E-state index is 11.8. The summed E-state index contributed by atoms with van der Waals surface area (Å²) in [6.45, 7) is 1.91. The zero-order valence-electron chi connectivity index (χ0n) is 13.0. The summed E-state index contributed by atoms with van der Waals surface area (Å²) in [4.78, 5) is 23.2. The van der Waals surface area contributed by atoms with Crippen molar-refractivity contribution in [3.63, 3.8) is 0 Å². The lowest BCUT2D eigenvalue weighted by Gasteiger charge is -1.97. The van der Waals surface area contributed by atoms with E-state index in [0.29, 0.717) is 16.6 Å². The molecule has 0 saturated heterocycles. The number of phenols is 1. The Hall–Kier alpha value is -2.81. The van der Waals surface area contributed by atoms with Crippen molar-refractivity contribution in [2.45, 2.75) is 26.2 Å². The second-order valence-corrected chi connectivity index (χ2v) is 5.92. The maximum Gasteiger partial charge on any atom is 0.247 e. The summed E-state index contributed by atoms with van der Waals surface area (Å²) < 4.78 is 0. The Labute approximate surface area is 142 Å². The number of carbonyl (C=O) groups excluding carboxylic acids is 2. The summed E-state index contributed by atoms with van der Waals surface area (Å²) in [6, 6.07) is 6.39. The average molecular weight is 347 g/mol. The van der Waals surface area contributed by atoms with Crippen LogP contribution in [0.2, 0.25) is 0 Å². The smallest absolute Gasteiger partial charge is 0.247 e. The SMILES string of the molecule is CCCC(=O)Nc1nnc(CC(=O)N/N=C/c2ccc(O)cc2)s1. The van der Waals surface area contributed by atoms with E-state index in [4.69, 9.17) is 5.11 Å². The summed E-state index contributed by atoms with van der Waals surface area (Å²) in [5.74, 6) is -0.301. The van der Waals surface area contributed by atoms with Gasteiger partial charge in [0.1, 0.15) is 10.8 Å². The van der Waals surface area contributed by atoms with Crippen LogP contribution < -0.4 is 10.7 Å². The molecule has 0 aliphatic rings. The number of nitrogens with zero attached hydrogens (tertiary/aromatic N) is 3. The molecule has 9 heteroatoms. The summed E-state index contributed by atoms with van der Waals surface area (Å²) >= 11 is 1.15. The third-order valence-corrected chi connectivity index (χ3v) is 3.64. The lowest BCUT2D eigenvalue weighted by Crippen LogP contribution is -2.19. The number of phenolic OH excluding ortho intramolecular Hbond substituents is 1. The Morgan fingerprint density at radius 2 is 2.00 bits per heavy atom. The standard InChI is InChI=1S/C15H17N5O3S/c1-2-3-12(22)17-15-20-19-14(24-15)8-13(23)18-16-9-10-4-6-11(21)7-5-10/h4-7,9,21H,2-3,8H2,1H3,(H,18,23)(H,17,20,22)/b16-9+. The quantitative estimate of drug-likeness (QED) is 0.520. The van der Waals surface area contributed by atoms with E-state index in [-0.39, 0.29) is 24.0 Å². The molecule has 24 heavy (non-hydrogen) atoms. The lowest BCUT2D eigenvalue weighted by molar-refractivity contribution is -0.120. The minimum absolute atomic E-state index is 0.0221. The molecule has 0 aliphatic heterocycles. The van der Waals surface area contributed by atoms with Crippen LogP contribution in [0.1, 0.15) is 30.3 Å². The monoisotopic (exact) mass is 347 g/mol. The molecule has 0 radical (unpaired) electrons. The van der Waals surface area contributed by atoms with Crippen molar-refractivity contribution in [3.05, 3.63) is 34.8 Å². The van der Waals surface area contributed by atoms with Crippen molar-refractivity contribution in [3.8, 4) is 5.75 Å². The van der Waals surface area contributed by atoms with Crippen LogP contribution in [0.5, 0.6) is 5.75 Å². The molecule has 0 saturated carbocycles. The molecule has 0 atom stereocenters. The second-order valence-electron chi connectivity index (χ2n) is 4.86. The largest absolute Gasteiger partial charge is 0.508 e. The first-order chi connectivity index (χ1) is 11.6. The third-order valence-electron chi connectivity index (χ3n) is 2.80. The number of nitrogens with one attached hydrogen (secondary N) is 2. The van der Waals surface area contributed by atoms with Crippen LogP contribution in [0.15, 0.2) is 29.4 Å². The van der Waals surface area contributed by atoms with Gasteiger partial charge in [-0.2, -0.15) is 5.10 Å². The van der Waals surface area contributed by atoms with E-state index in [2.05, 4.69) is 26.0 Å². The van der Waals surface area contributed by atoms with Gasteiger partial charge in [-0.05, 0) is 36.2 Å². The Morgan fingerprint density at radius 3 is 2.71 bits per heavy atom. The van der Waals surface area contributed by atoms with Gasteiger partial charge in [0.2, 0.25) is 16.9 Å². The predicted octanol–water partition coefficient (Wildman–Crippen LogP) is 1.68. The fourth-order valence-corrected chi connectivity index (χ4v) is 2.46. The van der Waals surface area contributed by atoms with Crippen molar-refractivity contribution in [2.24, 2.45) is 5.10 Å². The molecule has 0 spiro atoms. The van der Waals surface area contributed by atoms with E-state index in [1.807, 2.05) is 6.92 Å². The normalized spacial score (nSPS) is 10.7. The molecule has 2 amide bonds. The van der Waals surface area contributed by atoms with Crippen molar-refractivity contribution >= 4 is 34.5 Å². The topological polar surface area (TPSA) is 117 Å². The number of aromatic nitrogens is 2. The van der Waals surface area contributed by atoms with Gasteiger partial charge >= 0.3 is 0 Å². The fraction of sp³-hybridized carbons (Fsp3) is 0.267. The van der Waals surface area contributed by atoms with E-state index >= 15 is 0 Å². The molecule has 0 bridgehead atoms. The van der Waals surface area contributed by atoms with E-state index in [9.17, 15) is 9.59 Å². The molecule has 0 unspecified atom stereocenters. The van der Waals surface area contributed by atoms with Crippen molar-refractivity contribution < 1.29 is 14.7 Å². The lowest BCUT2D eigenvalue weighted by atomic mass is 10.2. The van der Waals surface area contributed by atoms with Gasteiger partial charge < -0.3 is 10.4 Å². The van der Waals surface area contributed by atoms with Gasteiger partial charge in [-0.25, -0.2) is 5.43 Å². The number of benzene rings is 1. The minimum atomic E-state index is -0.340. The summed E-state index contributed by atoms with van der Waals surface area (Å²) in [5, 5.41) is 24.2. The highest BCUT2D eigenvalue weighted by Gasteiger charge is 2.10. The van der Waals surface area contributed by atoms with Crippen molar-refractivity contribution in [2.75, 3.05) is 5.32 Å². The molecule has 8 nitrogen and oxygen atoms in total. The van der Waals surface area contributed by atoms with Crippen molar-refractivity contribution in [1.29, 1.82) is 0 Å². The van der Waals surface area contributed by atoms with Gasteiger partial charge in [0.15, 0.2) is 0 Å². The average Bonchev–Trinajstić information content (AvgIpc) is 2.96. The maximum absolute atomic E-state index is 11.8. The number of rotatable bonds is 7. The Morgan fingerprint density at radius 1 is 1.25 bits per heavy atom. The summed E-state index contributed by atoms with van der Waals surface area (Å²) in [5.41, 5.74) is 3.12. The van der Waals surface area contributed by atoms with E-state index in [1.54, 1.807) is 12.1 Å². The molecule has 3 N–H and O–H groups in total. The fourth-order valence-electron chi connectivity index (χ4n) is 1.70. The van der Waals surface area contributed by atoms with Crippen LogP contribution in [0.25, 0.3) is 0 Å². The highest BCUT2D eigenvalue weighted by molar-refractivity contribution is 7.15. The molecular weight excluding hydrogens is 330 g/mol. The van der Waals surface area contributed by atoms with Gasteiger partial charge in [-0.1, -0.05) is 18.3 Å². The van der Waals surface area contributed by atoms with Gasteiger partial charge in [-0.3, -0.25) is 9.59 Å². The molecule has 126 valence electrons. The first kappa shape index (κ1) is 17.5. The van der Waals surface area contributed by atoms with Gasteiger partial charge in [0.25, 0.3) is 0 Å². The Bertz CT molecular complexity index is 727. The molecule has 1 aromatic carbocycles. The number of anilines is 1. The highest BCUT2D eigenvalue weighted by atomic mass is 32.1. The molecule has 2 aromatic rings. The molecule has 0 aliphatic carbocycles. The van der Waals surface area contributed by atoms with Gasteiger partial charge in [0, 0.05) is 6.42 Å². The molecule has 1 aromatic heterocycles. The van der Waals surface area contributed by atoms with Crippen LogP contribution >= 0.6 is 11.3 Å². The second kappa shape index (κ2) is 8.73. The number of amides is 2. The number of hydrazone groups is 1. The Balaban J connectivity index is 1.81. The van der Waals surface area contributed by atoms with E-state index in [0.717, 1.165) is 23.3 Å². The predicted molar refractivity (Wildman–Crippen MR) is 91.0 cm³/mol. The third kappa shape index (κ3) is 5.76. The number of hydrogen-bond donors (Lipinski definition) is 3. The molecule has 2 rings (SSSR count). The van der Waals surface area contributed by atoms with Crippen LogP contribution in [-0.4, -0.2) is 33.3 Å². The van der Waals surface area contributed by atoms with Crippen LogP contribution in [0.4, 0.5) is 5.13 Å². The van der Waals surface area contributed by atoms with Crippen LogP contribution in [0.3, 0.4) is 0 Å². The first-order valence-corrected chi connectivity index (χ1v) is 8.11. The van der Waals surface area contributed by atoms with E-state index < -0.39 is 0 Å². The highest BCUT2D eigenvalue weighted by Crippen LogP contribution is 2.16. The summed E-state index contributed by atoms with van der Waals surface area (Å²) in [7, 11) is 0. The van der Waals surface area contributed by atoms with Gasteiger partial charge in [0.05, 0.1) is 12.6 Å². The minimum Gasteiger partial charge on any atom is -0.508 e. The van der Waals surface area contributed by atoms with Crippen molar-refractivity contribution in [1.82, 2.24) is 15.6 Å². The van der Waals surface area contributed by atoms with Crippen LogP contribution in [-0.2, 0) is 16.0 Å². The zero-order chi connectivity index (χ0) is 17.4. The number of carbonyl (C=O) groups is 2. The molecular formula is C15H17N5O3S. The molecule has 1 heterocycles. The summed E-state index contributed by atoms with van der Waals surface area (Å²) in [6.07, 6.45) is 2.66. The van der Waals surface area contributed by atoms with Crippen LogP contribution in [0, 0.1) is 0 Å². The van der Waals surface area contributed by atoms with E-state index in [1.165, 1.54) is 18.3 Å². The number of hydrogen-bond acceptors (Lipinski definition) is 7. The van der Waals surface area contributed by atoms with Gasteiger partial charge in [-0.15, -0.1) is 10.2 Å². The first-order valence-electron chi connectivity index (χ1n) is 7.30.